The van der Waals surface area contributed by atoms with Crippen LogP contribution in [0.3, 0.4) is 0 Å². The van der Waals surface area contributed by atoms with Gasteiger partial charge in [-0.25, -0.2) is 8.42 Å². The summed E-state index contributed by atoms with van der Waals surface area (Å²) in [5.41, 5.74) is 2.30. The second kappa shape index (κ2) is 4.97. The number of nitrogens with one attached hydrogen (secondary N) is 2. The third-order valence-corrected chi connectivity index (χ3v) is 4.90. The number of anilines is 1. The highest BCUT2D eigenvalue weighted by molar-refractivity contribution is 9.10. The molecule has 0 saturated carbocycles. The van der Waals surface area contributed by atoms with Crippen LogP contribution in [0.1, 0.15) is 16.8 Å². The predicted molar refractivity (Wildman–Crippen MR) is 77.7 cm³/mol. The summed E-state index contributed by atoms with van der Waals surface area (Å²) < 4.78 is 28.0. The van der Waals surface area contributed by atoms with E-state index in [4.69, 9.17) is 0 Å². The van der Waals surface area contributed by atoms with Gasteiger partial charge in [0, 0.05) is 15.7 Å². The number of hydrogen-bond acceptors (Lipinski definition) is 3. The van der Waals surface area contributed by atoms with Gasteiger partial charge in [-0.2, -0.15) is 5.10 Å². The normalized spacial score (nSPS) is 11.6. The van der Waals surface area contributed by atoms with E-state index in [0.717, 1.165) is 15.7 Å². The first kappa shape index (κ1) is 14.1. The predicted octanol–water partition coefficient (Wildman–Crippen LogP) is 2.90. The molecule has 0 spiro atoms. The number of hydrogen-bond donors (Lipinski definition) is 2. The van der Waals surface area contributed by atoms with E-state index in [2.05, 4.69) is 30.8 Å². The number of nitrogens with zero attached hydrogens (tertiary/aromatic N) is 1. The number of H-pyrrole nitrogens is 1. The van der Waals surface area contributed by atoms with Crippen molar-refractivity contribution in [2.24, 2.45) is 0 Å². The number of halogens is 1. The van der Waals surface area contributed by atoms with Crippen molar-refractivity contribution >= 4 is 31.8 Å². The molecule has 2 aromatic rings. The molecular formula is C12H14BrN3O2S. The minimum atomic E-state index is -3.62. The van der Waals surface area contributed by atoms with Gasteiger partial charge in [-0.1, -0.05) is 15.9 Å². The smallest absolute Gasteiger partial charge is 0.263 e. The lowest BCUT2D eigenvalue weighted by atomic mass is 10.2. The van der Waals surface area contributed by atoms with Crippen molar-refractivity contribution in [3.05, 3.63) is 39.5 Å². The number of rotatable bonds is 3. The average molecular weight is 344 g/mol. The van der Waals surface area contributed by atoms with Crippen LogP contribution >= 0.6 is 15.9 Å². The van der Waals surface area contributed by atoms with Gasteiger partial charge in [0.1, 0.15) is 0 Å². The minimum Gasteiger partial charge on any atom is -0.280 e. The second-order valence-electron chi connectivity index (χ2n) is 4.34. The summed E-state index contributed by atoms with van der Waals surface area (Å²) in [5.74, 6) is 0.333. The maximum Gasteiger partial charge on any atom is 0.263 e. The molecule has 0 radical (unpaired) electrons. The Morgan fingerprint density at radius 3 is 2.47 bits per heavy atom. The van der Waals surface area contributed by atoms with Crippen LogP contribution in [0.25, 0.3) is 0 Å². The first-order valence-electron chi connectivity index (χ1n) is 5.62. The number of aryl methyl sites for hydroxylation is 2. The van der Waals surface area contributed by atoms with Gasteiger partial charge in [0.2, 0.25) is 0 Å². The van der Waals surface area contributed by atoms with Gasteiger partial charge in [-0.3, -0.25) is 9.82 Å². The molecule has 0 aliphatic carbocycles. The second-order valence-corrected chi connectivity index (χ2v) is 6.90. The van der Waals surface area contributed by atoms with Crippen LogP contribution in [0.2, 0.25) is 0 Å². The number of benzene rings is 1. The zero-order valence-electron chi connectivity index (χ0n) is 10.8. The SMILES string of the molecule is Cc1cc(Br)ccc1S(=O)(=O)Nc1n[nH]c(C)c1C. The fourth-order valence-electron chi connectivity index (χ4n) is 1.68. The van der Waals surface area contributed by atoms with E-state index in [9.17, 15) is 8.42 Å². The van der Waals surface area contributed by atoms with Crippen molar-refractivity contribution in [2.45, 2.75) is 25.7 Å². The van der Waals surface area contributed by atoms with Gasteiger partial charge >= 0.3 is 0 Å². The van der Waals surface area contributed by atoms with Crippen LogP contribution in [0.5, 0.6) is 0 Å². The van der Waals surface area contributed by atoms with Crippen molar-refractivity contribution in [1.82, 2.24) is 10.2 Å². The summed E-state index contributed by atoms with van der Waals surface area (Å²) >= 11 is 3.31. The molecule has 0 aliphatic rings. The van der Waals surface area contributed by atoms with Gasteiger partial charge in [0.05, 0.1) is 4.90 Å². The Bertz CT molecular complexity index is 723. The molecule has 0 fully saturated rings. The molecule has 7 heteroatoms. The summed E-state index contributed by atoms with van der Waals surface area (Å²) in [6.45, 7) is 5.40. The monoisotopic (exact) mass is 343 g/mol. The molecule has 1 aromatic heterocycles. The third kappa shape index (κ3) is 2.82. The fraction of sp³-hybridized carbons (Fsp3) is 0.250. The molecule has 2 rings (SSSR count). The number of aromatic nitrogens is 2. The lowest BCUT2D eigenvalue weighted by Gasteiger charge is -2.09. The fourth-order valence-corrected chi connectivity index (χ4v) is 3.45. The Labute approximate surface area is 120 Å². The zero-order chi connectivity index (χ0) is 14.2. The molecular weight excluding hydrogens is 330 g/mol. The maximum absolute atomic E-state index is 12.3. The summed E-state index contributed by atoms with van der Waals surface area (Å²) in [7, 11) is -3.62. The Morgan fingerprint density at radius 2 is 1.95 bits per heavy atom. The molecule has 0 saturated heterocycles. The lowest BCUT2D eigenvalue weighted by Crippen LogP contribution is -2.15. The first-order valence-corrected chi connectivity index (χ1v) is 7.89. The average Bonchev–Trinajstić information content (AvgIpc) is 2.60. The molecule has 2 N–H and O–H groups in total. The molecule has 5 nitrogen and oxygen atoms in total. The summed E-state index contributed by atoms with van der Waals surface area (Å²) in [6.07, 6.45) is 0. The molecule has 0 unspecified atom stereocenters. The summed E-state index contributed by atoms with van der Waals surface area (Å²) in [6, 6.07) is 5.03. The van der Waals surface area contributed by atoms with E-state index in [1.165, 1.54) is 0 Å². The van der Waals surface area contributed by atoms with Crippen molar-refractivity contribution in [1.29, 1.82) is 0 Å². The van der Waals surface area contributed by atoms with Gasteiger partial charge in [0.25, 0.3) is 10.0 Å². The Balaban J connectivity index is 2.41. The van der Waals surface area contributed by atoms with Crippen molar-refractivity contribution < 1.29 is 8.42 Å². The molecule has 1 heterocycles. The molecule has 0 bridgehead atoms. The van der Waals surface area contributed by atoms with Gasteiger partial charge in [0.15, 0.2) is 5.82 Å². The quantitative estimate of drug-likeness (QED) is 0.899. The van der Waals surface area contributed by atoms with Crippen LogP contribution in [0.15, 0.2) is 27.6 Å². The van der Waals surface area contributed by atoms with Crippen LogP contribution in [0.4, 0.5) is 5.82 Å². The lowest BCUT2D eigenvalue weighted by molar-refractivity contribution is 0.600. The molecule has 0 atom stereocenters. The third-order valence-electron chi connectivity index (χ3n) is 2.91. The number of sulfonamides is 1. The molecule has 19 heavy (non-hydrogen) atoms. The van der Waals surface area contributed by atoms with E-state index in [0.29, 0.717) is 11.4 Å². The Morgan fingerprint density at radius 1 is 1.26 bits per heavy atom. The van der Waals surface area contributed by atoms with E-state index in [-0.39, 0.29) is 4.90 Å². The minimum absolute atomic E-state index is 0.246. The first-order chi connectivity index (χ1) is 8.81. The van der Waals surface area contributed by atoms with Crippen molar-refractivity contribution in [3.8, 4) is 0 Å². The highest BCUT2D eigenvalue weighted by Gasteiger charge is 2.19. The summed E-state index contributed by atoms with van der Waals surface area (Å²) in [4.78, 5) is 0.246. The van der Waals surface area contributed by atoms with Crippen molar-refractivity contribution in [3.63, 3.8) is 0 Å². The van der Waals surface area contributed by atoms with Gasteiger partial charge in [-0.15, -0.1) is 0 Å². The van der Waals surface area contributed by atoms with Gasteiger partial charge in [-0.05, 0) is 44.5 Å². The van der Waals surface area contributed by atoms with Crippen LogP contribution in [-0.2, 0) is 10.0 Å². The van der Waals surface area contributed by atoms with E-state index in [1.54, 1.807) is 25.1 Å². The van der Waals surface area contributed by atoms with E-state index in [1.807, 2.05) is 13.8 Å². The molecule has 0 amide bonds. The van der Waals surface area contributed by atoms with Crippen LogP contribution in [0, 0.1) is 20.8 Å². The van der Waals surface area contributed by atoms with Crippen LogP contribution in [-0.4, -0.2) is 18.6 Å². The molecule has 1 aromatic carbocycles. The summed E-state index contributed by atoms with van der Waals surface area (Å²) in [5, 5.41) is 6.70. The highest BCUT2D eigenvalue weighted by atomic mass is 79.9. The van der Waals surface area contributed by atoms with E-state index < -0.39 is 10.0 Å². The van der Waals surface area contributed by atoms with E-state index >= 15 is 0 Å². The largest absolute Gasteiger partial charge is 0.280 e. The van der Waals surface area contributed by atoms with Crippen LogP contribution < -0.4 is 4.72 Å². The standard InChI is InChI=1S/C12H14BrN3O2S/c1-7-6-10(13)4-5-11(7)19(17,18)16-12-8(2)9(3)14-15-12/h4-6H,1-3H3,(H2,14,15,16). The Kier molecular flexibility index (Phi) is 3.69. The molecule has 102 valence electrons. The zero-order valence-corrected chi connectivity index (χ0v) is 13.2. The number of aromatic amines is 1. The van der Waals surface area contributed by atoms with Gasteiger partial charge < -0.3 is 0 Å². The topological polar surface area (TPSA) is 74.8 Å². The van der Waals surface area contributed by atoms with Crippen molar-refractivity contribution in [2.75, 3.05) is 4.72 Å². The molecule has 0 aliphatic heterocycles. The highest BCUT2D eigenvalue weighted by Crippen LogP contribution is 2.23. The maximum atomic E-state index is 12.3. The Hall–Kier alpha value is -1.34.